The van der Waals surface area contributed by atoms with E-state index in [0.29, 0.717) is 32.4 Å². The summed E-state index contributed by atoms with van der Waals surface area (Å²) in [7, 11) is 0. The highest BCUT2D eigenvalue weighted by molar-refractivity contribution is 6.04. The van der Waals surface area contributed by atoms with Crippen LogP contribution >= 0.6 is 0 Å². The van der Waals surface area contributed by atoms with Crippen molar-refractivity contribution in [2.24, 2.45) is 11.1 Å². The number of benzene rings is 1. The van der Waals surface area contributed by atoms with Crippen molar-refractivity contribution < 1.29 is 14.3 Å². The number of carbonyl (C=O) groups is 2. The largest absolute Gasteiger partial charge is 0.490 e. The maximum atomic E-state index is 12.5. The third-order valence-corrected chi connectivity index (χ3v) is 4.60. The molecule has 1 aromatic carbocycles. The highest BCUT2D eigenvalue weighted by Crippen LogP contribution is 2.36. The zero-order valence-corrected chi connectivity index (χ0v) is 14.1. The Balaban J connectivity index is 1.85. The molecule has 0 aromatic heterocycles. The number of rotatable bonds is 8. The second kappa shape index (κ2) is 8.52. The van der Waals surface area contributed by atoms with E-state index in [-0.39, 0.29) is 5.91 Å². The average molecular weight is 330 g/mol. The number of ether oxygens (including phenoxy) is 1. The van der Waals surface area contributed by atoms with Crippen LogP contribution in [0, 0.1) is 5.41 Å². The summed E-state index contributed by atoms with van der Waals surface area (Å²) in [5.74, 6) is 0.0710. The Morgan fingerprint density at radius 1 is 1.21 bits per heavy atom. The third-order valence-electron chi connectivity index (χ3n) is 4.60. The molecule has 0 saturated heterocycles. The molecule has 0 spiro atoms. The third kappa shape index (κ3) is 4.37. The summed E-state index contributed by atoms with van der Waals surface area (Å²) < 4.78 is 5.43. The maximum Gasteiger partial charge on any atom is 0.235 e. The van der Waals surface area contributed by atoms with Crippen molar-refractivity contribution in [2.75, 3.05) is 13.2 Å². The van der Waals surface area contributed by atoms with Gasteiger partial charge in [-0.05, 0) is 37.0 Å². The Morgan fingerprint density at radius 3 is 2.46 bits per heavy atom. The molecule has 1 aliphatic carbocycles. The zero-order valence-electron chi connectivity index (χ0n) is 14.1. The van der Waals surface area contributed by atoms with Crippen molar-refractivity contribution in [3.63, 3.8) is 0 Å². The van der Waals surface area contributed by atoms with Gasteiger partial charge in [0.05, 0.1) is 0 Å². The molecular formula is C19H26N2O3. The molecule has 2 rings (SSSR count). The van der Waals surface area contributed by atoms with Gasteiger partial charge in [-0.3, -0.25) is 9.59 Å². The minimum atomic E-state index is -1.01. The molecule has 1 fully saturated rings. The van der Waals surface area contributed by atoms with E-state index in [1.807, 2.05) is 24.3 Å². The highest BCUT2D eigenvalue weighted by atomic mass is 16.5. The summed E-state index contributed by atoms with van der Waals surface area (Å²) in [6.07, 6.45) is 6.33. The Bertz CT molecular complexity index is 575. The fourth-order valence-corrected chi connectivity index (χ4v) is 3.14. The van der Waals surface area contributed by atoms with E-state index >= 15 is 0 Å². The maximum absolute atomic E-state index is 12.5. The number of hydrogen-bond donors (Lipinski definition) is 2. The second-order valence-electron chi connectivity index (χ2n) is 6.26. The van der Waals surface area contributed by atoms with Crippen molar-refractivity contribution in [3.05, 3.63) is 42.5 Å². The molecule has 0 unspecified atom stereocenters. The van der Waals surface area contributed by atoms with Crippen LogP contribution < -0.4 is 15.8 Å². The predicted octanol–water partition coefficient (Wildman–Crippen LogP) is 2.35. The summed E-state index contributed by atoms with van der Waals surface area (Å²) in [5, 5.41) is 2.89. The minimum Gasteiger partial charge on any atom is -0.490 e. The van der Waals surface area contributed by atoms with E-state index in [9.17, 15) is 9.59 Å². The van der Waals surface area contributed by atoms with Crippen LogP contribution in [-0.2, 0) is 16.0 Å². The summed E-state index contributed by atoms with van der Waals surface area (Å²) >= 11 is 0. The van der Waals surface area contributed by atoms with Crippen molar-refractivity contribution in [1.29, 1.82) is 0 Å². The molecule has 24 heavy (non-hydrogen) atoms. The molecule has 0 radical (unpaired) electrons. The quantitative estimate of drug-likeness (QED) is 0.567. The minimum absolute atomic E-state index is 0.222. The van der Waals surface area contributed by atoms with Crippen molar-refractivity contribution >= 4 is 11.8 Å². The van der Waals surface area contributed by atoms with Crippen molar-refractivity contribution in [3.8, 4) is 5.75 Å². The molecule has 130 valence electrons. The van der Waals surface area contributed by atoms with Crippen LogP contribution in [0.2, 0.25) is 0 Å². The van der Waals surface area contributed by atoms with E-state index in [1.54, 1.807) is 6.08 Å². The first-order chi connectivity index (χ1) is 11.6. The zero-order chi connectivity index (χ0) is 17.4. The molecule has 0 bridgehead atoms. The molecular weight excluding hydrogens is 304 g/mol. The van der Waals surface area contributed by atoms with Crippen LogP contribution in [0.3, 0.4) is 0 Å². The summed E-state index contributed by atoms with van der Waals surface area (Å²) in [6.45, 7) is 4.57. The summed E-state index contributed by atoms with van der Waals surface area (Å²) in [4.78, 5) is 24.3. The summed E-state index contributed by atoms with van der Waals surface area (Å²) in [6, 6.07) is 7.73. The van der Waals surface area contributed by atoms with Gasteiger partial charge < -0.3 is 15.8 Å². The number of nitrogens with two attached hydrogens (primary N) is 1. The molecule has 3 N–H and O–H groups in total. The number of nitrogens with one attached hydrogen (secondary N) is 1. The van der Waals surface area contributed by atoms with E-state index < -0.39 is 11.3 Å². The van der Waals surface area contributed by atoms with Crippen LogP contribution in [0.25, 0.3) is 0 Å². The van der Waals surface area contributed by atoms with Crippen LogP contribution in [0.1, 0.15) is 37.7 Å². The second-order valence-corrected chi connectivity index (χ2v) is 6.26. The van der Waals surface area contributed by atoms with Crippen LogP contribution in [0.5, 0.6) is 5.75 Å². The van der Waals surface area contributed by atoms with Gasteiger partial charge in [-0.2, -0.15) is 0 Å². The topological polar surface area (TPSA) is 81.4 Å². The van der Waals surface area contributed by atoms with E-state index in [2.05, 4.69) is 11.9 Å². The molecule has 5 heteroatoms. The van der Waals surface area contributed by atoms with E-state index in [1.165, 1.54) is 0 Å². The number of amides is 2. The molecule has 0 atom stereocenters. The SMILES string of the molecule is C=CCOc1ccc(CCNC(=O)C2(C(N)=O)CCCCC2)cc1. The lowest BCUT2D eigenvalue weighted by Crippen LogP contribution is -2.51. The lowest BCUT2D eigenvalue weighted by atomic mass is 9.72. The molecule has 1 aromatic rings. The highest BCUT2D eigenvalue weighted by Gasteiger charge is 2.44. The summed E-state index contributed by atoms with van der Waals surface area (Å²) in [5.41, 5.74) is 5.60. The normalized spacial score (nSPS) is 16.2. The lowest BCUT2D eigenvalue weighted by Gasteiger charge is -2.32. The van der Waals surface area contributed by atoms with Crippen LogP contribution in [-0.4, -0.2) is 25.0 Å². The first kappa shape index (κ1) is 18.0. The Hall–Kier alpha value is -2.30. The van der Waals surface area contributed by atoms with Gasteiger partial charge >= 0.3 is 0 Å². The smallest absolute Gasteiger partial charge is 0.235 e. The molecule has 5 nitrogen and oxygen atoms in total. The van der Waals surface area contributed by atoms with Gasteiger partial charge in [0.25, 0.3) is 0 Å². The van der Waals surface area contributed by atoms with Crippen LogP contribution in [0.4, 0.5) is 0 Å². The van der Waals surface area contributed by atoms with Gasteiger partial charge in [0.2, 0.25) is 11.8 Å². The van der Waals surface area contributed by atoms with Crippen molar-refractivity contribution in [1.82, 2.24) is 5.32 Å². The lowest BCUT2D eigenvalue weighted by molar-refractivity contribution is -0.144. The monoisotopic (exact) mass is 330 g/mol. The fraction of sp³-hybridized carbons (Fsp3) is 0.474. The molecule has 2 amide bonds. The van der Waals surface area contributed by atoms with E-state index in [0.717, 1.165) is 30.6 Å². The Labute approximate surface area is 143 Å². The van der Waals surface area contributed by atoms with Gasteiger partial charge in [0.15, 0.2) is 0 Å². The number of carbonyl (C=O) groups excluding carboxylic acids is 2. The van der Waals surface area contributed by atoms with Crippen molar-refractivity contribution in [2.45, 2.75) is 38.5 Å². The predicted molar refractivity (Wildman–Crippen MR) is 93.6 cm³/mol. The van der Waals surface area contributed by atoms with E-state index in [4.69, 9.17) is 10.5 Å². The van der Waals surface area contributed by atoms with Gasteiger partial charge in [-0.1, -0.05) is 44.1 Å². The first-order valence-electron chi connectivity index (χ1n) is 8.49. The average Bonchev–Trinajstić information content (AvgIpc) is 2.61. The van der Waals surface area contributed by atoms with Crippen LogP contribution in [0.15, 0.2) is 36.9 Å². The first-order valence-corrected chi connectivity index (χ1v) is 8.49. The number of primary amides is 1. The fourth-order valence-electron chi connectivity index (χ4n) is 3.14. The molecule has 0 heterocycles. The number of hydrogen-bond acceptors (Lipinski definition) is 3. The molecule has 1 saturated carbocycles. The standard InChI is InChI=1S/C19H26N2O3/c1-2-14-24-16-8-6-15(7-9-16)10-13-21-18(23)19(17(20)22)11-4-3-5-12-19/h2,6-9H,1,3-5,10-14H2,(H2,20,22)(H,21,23). The Kier molecular flexibility index (Phi) is 6.41. The molecule has 1 aliphatic rings. The van der Waals surface area contributed by atoms with Gasteiger partial charge in [-0.15, -0.1) is 0 Å². The van der Waals surface area contributed by atoms with Gasteiger partial charge in [0.1, 0.15) is 17.8 Å². The molecule has 0 aliphatic heterocycles. The van der Waals surface area contributed by atoms with Gasteiger partial charge in [-0.25, -0.2) is 0 Å². The Morgan fingerprint density at radius 2 is 1.88 bits per heavy atom. The van der Waals surface area contributed by atoms with Gasteiger partial charge in [0, 0.05) is 6.54 Å².